The molecule has 1 unspecified atom stereocenters. The van der Waals surface area contributed by atoms with Crippen molar-refractivity contribution in [3.8, 4) is 0 Å². The molecule has 1 fully saturated rings. The van der Waals surface area contributed by atoms with Crippen LogP contribution in [0.2, 0.25) is 0 Å². The van der Waals surface area contributed by atoms with E-state index >= 15 is 0 Å². The third-order valence-corrected chi connectivity index (χ3v) is 3.17. The second kappa shape index (κ2) is 6.86. The Morgan fingerprint density at radius 1 is 1.35 bits per heavy atom. The van der Waals surface area contributed by atoms with Crippen molar-refractivity contribution in [2.75, 3.05) is 13.2 Å². The first-order chi connectivity index (χ1) is 9.65. The predicted molar refractivity (Wildman–Crippen MR) is 73.9 cm³/mol. The highest BCUT2D eigenvalue weighted by Crippen LogP contribution is 2.12. The van der Waals surface area contributed by atoms with Gasteiger partial charge in [0.1, 0.15) is 0 Å². The first kappa shape index (κ1) is 14.3. The summed E-state index contributed by atoms with van der Waals surface area (Å²) in [6.07, 6.45) is 3.40. The summed E-state index contributed by atoms with van der Waals surface area (Å²) in [4.78, 5) is 22.2. The van der Waals surface area contributed by atoms with Crippen LogP contribution in [0.5, 0.6) is 0 Å². The van der Waals surface area contributed by atoms with Crippen LogP contribution < -0.4 is 5.32 Å². The normalized spacial score (nSPS) is 18.3. The number of carboxylic acids is 1. The van der Waals surface area contributed by atoms with Gasteiger partial charge in [-0.1, -0.05) is 24.3 Å². The number of carboxylic acid groups (broad SMARTS) is 1. The van der Waals surface area contributed by atoms with Gasteiger partial charge in [0.2, 0.25) is 5.91 Å². The van der Waals surface area contributed by atoms with Gasteiger partial charge in [0.15, 0.2) is 0 Å². The number of rotatable bonds is 5. The monoisotopic (exact) mass is 275 g/mol. The van der Waals surface area contributed by atoms with E-state index in [0.29, 0.717) is 19.8 Å². The zero-order valence-electron chi connectivity index (χ0n) is 11.0. The average Bonchev–Trinajstić information content (AvgIpc) is 2.98. The quantitative estimate of drug-likeness (QED) is 0.797. The highest BCUT2D eigenvalue weighted by atomic mass is 16.5. The fourth-order valence-electron chi connectivity index (χ4n) is 1.99. The first-order valence-electron chi connectivity index (χ1n) is 6.50. The largest absolute Gasteiger partial charge is 0.478 e. The van der Waals surface area contributed by atoms with Crippen molar-refractivity contribution < 1.29 is 19.4 Å². The summed E-state index contributed by atoms with van der Waals surface area (Å²) in [5, 5.41) is 11.4. The maximum absolute atomic E-state index is 11.8. The molecule has 106 valence electrons. The lowest BCUT2D eigenvalue weighted by Crippen LogP contribution is -2.30. The number of hydrogen-bond acceptors (Lipinski definition) is 3. The van der Waals surface area contributed by atoms with E-state index in [9.17, 15) is 9.59 Å². The molecule has 1 aliphatic heterocycles. The summed E-state index contributed by atoms with van der Waals surface area (Å²) in [6.45, 7) is 1.63. The zero-order valence-corrected chi connectivity index (χ0v) is 11.0. The number of carbonyl (C=O) groups excluding carboxylic acids is 1. The molecule has 2 rings (SSSR count). The van der Waals surface area contributed by atoms with E-state index in [-0.39, 0.29) is 11.8 Å². The number of benzene rings is 1. The summed E-state index contributed by atoms with van der Waals surface area (Å²) in [5.41, 5.74) is 1.79. The number of nitrogens with one attached hydrogen (secondary N) is 1. The fourth-order valence-corrected chi connectivity index (χ4v) is 1.99. The molecule has 1 amide bonds. The third-order valence-electron chi connectivity index (χ3n) is 3.17. The highest BCUT2D eigenvalue weighted by molar-refractivity contribution is 5.85. The third kappa shape index (κ3) is 4.20. The van der Waals surface area contributed by atoms with Gasteiger partial charge in [-0.2, -0.15) is 0 Å². The van der Waals surface area contributed by atoms with Crippen molar-refractivity contribution in [3.63, 3.8) is 0 Å². The molecule has 5 heteroatoms. The van der Waals surface area contributed by atoms with E-state index in [4.69, 9.17) is 9.84 Å². The second-order valence-electron chi connectivity index (χ2n) is 4.69. The Hall–Kier alpha value is -2.14. The summed E-state index contributed by atoms with van der Waals surface area (Å²) in [7, 11) is 0. The molecule has 0 radical (unpaired) electrons. The van der Waals surface area contributed by atoms with Crippen LogP contribution in [0.25, 0.3) is 6.08 Å². The molecule has 2 N–H and O–H groups in total. The van der Waals surface area contributed by atoms with E-state index in [1.54, 1.807) is 0 Å². The minimum Gasteiger partial charge on any atom is -0.478 e. The summed E-state index contributed by atoms with van der Waals surface area (Å²) < 4.78 is 5.18. The van der Waals surface area contributed by atoms with Gasteiger partial charge in [-0.05, 0) is 23.6 Å². The maximum Gasteiger partial charge on any atom is 0.328 e. The van der Waals surface area contributed by atoms with Gasteiger partial charge < -0.3 is 15.2 Å². The molecule has 1 aliphatic rings. The van der Waals surface area contributed by atoms with E-state index in [0.717, 1.165) is 23.6 Å². The first-order valence-corrected chi connectivity index (χ1v) is 6.50. The topological polar surface area (TPSA) is 75.6 Å². The Kier molecular flexibility index (Phi) is 4.90. The number of amides is 1. The zero-order chi connectivity index (χ0) is 14.4. The van der Waals surface area contributed by atoms with Crippen LogP contribution in [0, 0.1) is 5.92 Å². The van der Waals surface area contributed by atoms with Crippen LogP contribution in [0.15, 0.2) is 30.3 Å². The Balaban J connectivity index is 1.84. The number of aliphatic carboxylic acids is 1. The maximum atomic E-state index is 11.8. The molecule has 0 saturated carbocycles. The predicted octanol–water partition coefficient (Wildman–Crippen LogP) is 1.44. The lowest BCUT2D eigenvalue weighted by Gasteiger charge is -2.09. The van der Waals surface area contributed by atoms with Crippen LogP contribution in [0.3, 0.4) is 0 Å². The SMILES string of the molecule is O=C(O)C=Cc1ccc(CNC(=O)C2CCOC2)cc1. The Morgan fingerprint density at radius 3 is 2.70 bits per heavy atom. The van der Waals surface area contributed by atoms with Gasteiger partial charge in [-0.3, -0.25) is 4.79 Å². The van der Waals surface area contributed by atoms with Gasteiger partial charge >= 0.3 is 5.97 Å². The molecule has 1 saturated heterocycles. The summed E-state index contributed by atoms with van der Waals surface area (Å²) >= 11 is 0. The lowest BCUT2D eigenvalue weighted by atomic mass is 10.1. The van der Waals surface area contributed by atoms with Crippen molar-refractivity contribution >= 4 is 18.0 Å². The average molecular weight is 275 g/mol. The van der Waals surface area contributed by atoms with Gasteiger partial charge in [0.05, 0.1) is 12.5 Å². The van der Waals surface area contributed by atoms with Crippen LogP contribution in [0.4, 0.5) is 0 Å². The van der Waals surface area contributed by atoms with Crippen molar-refractivity contribution in [2.24, 2.45) is 5.92 Å². The second-order valence-corrected chi connectivity index (χ2v) is 4.69. The van der Waals surface area contributed by atoms with Crippen LogP contribution in [0.1, 0.15) is 17.5 Å². The molecule has 0 aromatic heterocycles. The fraction of sp³-hybridized carbons (Fsp3) is 0.333. The smallest absolute Gasteiger partial charge is 0.328 e. The standard InChI is InChI=1S/C15H17NO4/c17-14(18)6-5-11-1-3-12(4-2-11)9-16-15(19)13-7-8-20-10-13/h1-6,13H,7-10H2,(H,16,19)(H,17,18). The molecule has 0 aliphatic carbocycles. The van der Waals surface area contributed by atoms with Crippen molar-refractivity contribution in [1.82, 2.24) is 5.32 Å². The van der Waals surface area contributed by atoms with Gasteiger partial charge in [-0.15, -0.1) is 0 Å². The van der Waals surface area contributed by atoms with Gasteiger partial charge in [-0.25, -0.2) is 4.79 Å². The molecule has 0 bridgehead atoms. The number of ether oxygens (including phenoxy) is 1. The molecule has 1 heterocycles. The van der Waals surface area contributed by atoms with Crippen LogP contribution >= 0.6 is 0 Å². The molecular formula is C15H17NO4. The number of carbonyl (C=O) groups is 2. The van der Waals surface area contributed by atoms with Crippen molar-refractivity contribution in [1.29, 1.82) is 0 Å². The molecule has 1 aromatic rings. The molecule has 1 aromatic carbocycles. The minimum absolute atomic E-state index is 0.0253. The van der Waals surface area contributed by atoms with E-state index in [2.05, 4.69) is 5.32 Å². The molecular weight excluding hydrogens is 258 g/mol. The summed E-state index contributed by atoms with van der Waals surface area (Å²) in [5.74, 6) is -0.981. The van der Waals surface area contributed by atoms with Gasteiger partial charge in [0, 0.05) is 19.2 Å². The Morgan fingerprint density at radius 2 is 2.10 bits per heavy atom. The van der Waals surface area contributed by atoms with E-state index < -0.39 is 5.97 Å². The van der Waals surface area contributed by atoms with E-state index in [1.165, 1.54) is 6.08 Å². The Labute approximate surface area is 117 Å². The van der Waals surface area contributed by atoms with Crippen molar-refractivity contribution in [2.45, 2.75) is 13.0 Å². The van der Waals surface area contributed by atoms with Crippen LogP contribution in [-0.4, -0.2) is 30.2 Å². The van der Waals surface area contributed by atoms with Gasteiger partial charge in [0.25, 0.3) is 0 Å². The molecule has 20 heavy (non-hydrogen) atoms. The minimum atomic E-state index is -0.972. The lowest BCUT2D eigenvalue weighted by molar-refractivity contribution is -0.131. The van der Waals surface area contributed by atoms with Crippen molar-refractivity contribution in [3.05, 3.63) is 41.5 Å². The molecule has 1 atom stereocenters. The van der Waals surface area contributed by atoms with Crippen LogP contribution in [-0.2, 0) is 20.9 Å². The Bertz CT molecular complexity index is 501. The molecule has 0 spiro atoms. The molecule has 5 nitrogen and oxygen atoms in total. The summed E-state index contributed by atoms with van der Waals surface area (Å²) in [6, 6.07) is 7.37. The number of hydrogen-bond donors (Lipinski definition) is 2. The highest BCUT2D eigenvalue weighted by Gasteiger charge is 2.22. The van der Waals surface area contributed by atoms with E-state index in [1.807, 2.05) is 24.3 Å².